The molecule has 1 aromatic heterocycles. The van der Waals surface area contributed by atoms with Crippen molar-refractivity contribution >= 4 is 35.3 Å². The Labute approximate surface area is 94.4 Å². The highest BCUT2D eigenvalue weighted by atomic mass is 16.3. The van der Waals surface area contributed by atoms with E-state index in [1.807, 2.05) is 0 Å². The van der Waals surface area contributed by atoms with Gasteiger partial charge in [-0.2, -0.15) is 0 Å². The lowest BCUT2D eigenvalue weighted by Crippen LogP contribution is -2.26. The Hall–Kier alpha value is -2.30. The Morgan fingerprint density at radius 1 is 0.765 bits per heavy atom. The number of rotatable bonds is 0. The number of ketones is 4. The lowest BCUT2D eigenvalue weighted by molar-refractivity contribution is -0.113. The number of carbonyl (C=O) groups excluding carboxylic acids is 4. The van der Waals surface area contributed by atoms with Crippen LogP contribution in [-0.4, -0.2) is 23.1 Å². The van der Waals surface area contributed by atoms with Gasteiger partial charge in [-0.05, 0) is 0 Å². The molecule has 0 aromatic carbocycles. The molecule has 0 unspecified atom stereocenters. The van der Waals surface area contributed by atoms with Crippen molar-refractivity contribution < 1.29 is 23.6 Å². The predicted molar refractivity (Wildman–Crippen MR) is 54.8 cm³/mol. The Morgan fingerprint density at radius 3 is 1.59 bits per heavy atom. The molecule has 0 spiro atoms. The Morgan fingerprint density at radius 2 is 1.18 bits per heavy atom. The molecular formula is C12H6O5. The van der Waals surface area contributed by atoms with Crippen LogP contribution in [0.4, 0.5) is 0 Å². The van der Waals surface area contributed by atoms with Gasteiger partial charge in [0, 0.05) is 12.2 Å². The van der Waals surface area contributed by atoms with E-state index >= 15 is 0 Å². The van der Waals surface area contributed by atoms with Gasteiger partial charge in [0.05, 0.1) is 24.0 Å². The molecule has 0 atom stereocenters. The summed E-state index contributed by atoms with van der Waals surface area (Å²) < 4.78 is 5.22. The molecule has 0 amide bonds. The van der Waals surface area contributed by atoms with E-state index in [2.05, 4.69) is 0 Å². The van der Waals surface area contributed by atoms with Crippen molar-refractivity contribution in [1.82, 2.24) is 0 Å². The lowest BCUT2D eigenvalue weighted by Gasteiger charge is -2.05. The fourth-order valence-corrected chi connectivity index (χ4v) is 2.11. The minimum absolute atomic E-state index is 0.0931. The number of carbonyl (C=O) groups is 4. The highest BCUT2D eigenvalue weighted by Crippen LogP contribution is 2.14. The van der Waals surface area contributed by atoms with Crippen LogP contribution in [0, 0.1) is 0 Å². The summed E-state index contributed by atoms with van der Waals surface area (Å²) in [4.78, 5) is 45.8. The van der Waals surface area contributed by atoms with Gasteiger partial charge in [0.25, 0.3) is 0 Å². The van der Waals surface area contributed by atoms with Gasteiger partial charge in [-0.15, -0.1) is 0 Å². The predicted octanol–water partition coefficient (Wildman–Crippen LogP) is -0.848. The molecule has 0 saturated carbocycles. The Balaban J connectivity index is 2.46. The number of furan rings is 1. The number of hydrogen-bond donors (Lipinski definition) is 0. The van der Waals surface area contributed by atoms with Gasteiger partial charge in [0.15, 0.2) is 23.1 Å². The third kappa shape index (κ3) is 1.32. The molecule has 2 aliphatic rings. The minimum atomic E-state index is -0.423. The average Bonchev–Trinajstić information content (AvgIpc) is 2.55. The molecule has 0 aliphatic heterocycles. The fourth-order valence-electron chi connectivity index (χ4n) is 2.11. The van der Waals surface area contributed by atoms with Crippen LogP contribution in [0.2, 0.25) is 0 Å². The van der Waals surface area contributed by atoms with Gasteiger partial charge in [-0.25, -0.2) is 0 Å². The van der Waals surface area contributed by atoms with Crippen molar-refractivity contribution in [2.45, 2.75) is 12.8 Å². The SMILES string of the molecule is O=C1C=c2oc3c(c2C(=O)C1)C(=O)CC(=O)C=3. The molecule has 1 aromatic rings. The molecule has 0 bridgehead atoms. The smallest absolute Gasteiger partial charge is 0.175 e. The van der Waals surface area contributed by atoms with E-state index in [1.54, 1.807) is 0 Å². The first-order valence-electron chi connectivity index (χ1n) is 5.04. The van der Waals surface area contributed by atoms with E-state index in [0.29, 0.717) is 0 Å². The first kappa shape index (κ1) is 9.89. The summed E-state index contributed by atoms with van der Waals surface area (Å²) in [6, 6.07) is 0. The van der Waals surface area contributed by atoms with Gasteiger partial charge in [0.1, 0.15) is 10.8 Å². The molecule has 5 nitrogen and oxygen atoms in total. The Bertz CT molecular complexity index is 656. The average molecular weight is 230 g/mol. The molecular weight excluding hydrogens is 224 g/mol. The van der Waals surface area contributed by atoms with Gasteiger partial charge < -0.3 is 4.42 Å². The second-order valence-electron chi connectivity index (χ2n) is 4.00. The highest BCUT2D eigenvalue weighted by molar-refractivity contribution is 6.28. The zero-order chi connectivity index (χ0) is 12.2. The normalized spacial score (nSPS) is 18.4. The van der Waals surface area contributed by atoms with E-state index < -0.39 is 11.6 Å². The van der Waals surface area contributed by atoms with Gasteiger partial charge >= 0.3 is 0 Å². The van der Waals surface area contributed by atoms with Gasteiger partial charge in [-0.3, -0.25) is 19.2 Å². The van der Waals surface area contributed by atoms with E-state index in [-0.39, 0.29) is 46.4 Å². The van der Waals surface area contributed by atoms with Crippen LogP contribution in [0.5, 0.6) is 0 Å². The Kier molecular flexibility index (Phi) is 1.80. The van der Waals surface area contributed by atoms with E-state index in [1.165, 1.54) is 12.2 Å². The number of Topliss-reactive ketones (excluding diaryl/α,β-unsaturated/α-hetero) is 4. The highest BCUT2D eigenvalue weighted by Gasteiger charge is 2.31. The van der Waals surface area contributed by atoms with Crippen LogP contribution in [0.3, 0.4) is 0 Å². The molecule has 5 heteroatoms. The van der Waals surface area contributed by atoms with Crippen LogP contribution in [-0.2, 0) is 9.59 Å². The number of fused-ring (bicyclic) bond motifs is 3. The van der Waals surface area contributed by atoms with Crippen LogP contribution in [0.25, 0.3) is 12.2 Å². The maximum absolute atomic E-state index is 11.7. The zero-order valence-corrected chi connectivity index (χ0v) is 8.61. The van der Waals surface area contributed by atoms with Crippen LogP contribution < -0.4 is 10.8 Å². The molecule has 0 fully saturated rings. The fraction of sp³-hybridized carbons (Fsp3) is 0.167. The lowest BCUT2D eigenvalue weighted by atomic mass is 9.92. The summed E-state index contributed by atoms with van der Waals surface area (Å²) in [7, 11) is 0. The second kappa shape index (κ2) is 3.10. The third-order valence-electron chi connectivity index (χ3n) is 2.77. The van der Waals surface area contributed by atoms with Crippen molar-refractivity contribution in [3.8, 4) is 0 Å². The summed E-state index contributed by atoms with van der Waals surface area (Å²) in [5.41, 5.74) is 0.479. The summed E-state index contributed by atoms with van der Waals surface area (Å²) in [5.74, 6) is -1.55. The molecule has 0 N–H and O–H groups in total. The topological polar surface area (TPSA) is 81.4 Å². The quantitative estimate of drug-likeness (QED) is 0.542. The molecule has 84 valence electrons. The minimum Gasteiger partial charge on any atom is -0.456 e. The number of hydrogen-bond acceptors (Lipinski definition) is 5. The van der Waals surface area contributed by atoms with Crippen molar-refractivity contribution in [3.05, 3.63) is 22.0 Å². The molecule has 3 rings (SSSR count). The van der Waals surface area contributed by atoms with Crippen molar-refractivity contribution in [3.63, 3.8) is 0 Å². The van der Waals surface area contributed by atoms with Crippen LogP contribution in [0.1, 0.15) is 33.6 Å². The van der Waals surface area contributed by atoms with Gasteiger partial charge in [-0.1, -0.05) is 0 Å². The summed E-state index contributed by atoms with van der Waals surface area (Å²) in [6.07, 6.45) is 1.89. The molecule has 1 heterocycles. The molecule has 2 aliphatic carbocycles. The monoisotopic (exact) mass is 230 g/mol. The summed E-state index contributed by atoms with van der Waals surface area (Å²) in [5, 5.41) is 0. The summed E-state index contributed by atoms with van der Waals surface area (Å²) >= 11 is 0. The van der Waals surface area contributed by atoms with Crippen molar-refractivity contribution in [2.75, 3.05) is 0 Å². The maximum atomic E-state index is 11.7. The largest absolute Gasteiger partial charge is 0.456 e. The van der Waals surface area contributed by atoms with Crippen LogP contribution in [0.15, 0.2) is 4.42 Å². The molecule has 0 saturated heterocycles. The first-order valence-corrected chi connectivity index (χ1v) is 5.04. The van der Waals surface area contributed by atoms with Crippen molar-refractivity contribution in [1.29, 1.82) is 0 Å². The molecule has 0 radical (unpaired) electrons. The van der Waals surface area contributed by atoms with E-state index in [9.17, 15) is 19.2 Å². The van der Waals surface area contributed by atoms with E-state index in [4.69, 9.17) is 4.42 Å². The maximum Gasteiger partial charge on any atom is 0.175 e. The second-order valence-corrected chi connectivity index (χ2v) is 4.00. The standard InChI is InChI=1S/C12H6O5/c13-5-1-7(15)11-9(3-5)17-10-4-6(14)2-8(16)12(10)11/h3-4H,1-2H2. The zero-order valence-electron chi connectivity index (χ0n) is 8.61. The third-order valence-corrected chi connectivity index (χ3v) is 2.77. The first-order chi connectivity index (χ1) is 8.06. The molecule has 17 heavy (non-hydrogen) atoms. The van der Waals surface area contributed by atoms with Crippen molar-refractivity contribution in [2.24, 2.45) is 0 Å². The summed E-state index contributed by atoms with van der Waals surface area (Å²) in [6.45, 7) is 0. The van der Waals surface area contributed by atoms with Crippen LogP contribution >= 0.6 is 0 Å². The van der Waals surface area contributed by atoms with E-state index in [0.717, 1.165) is 0 Å². The van der Waals surface area contributed by atoms with Gasteiger partial charge in [0.2, 0.25) is 0 Å².